The van der Waals surface area contributed by atoms with Gasteiger partial charge in [0.1, 0.15) is 0 Å². The van der Waals surface area contributed by atoms with Crippen LogP contribution in [-0.4, -0.2) is 4.98 Å². The van der Waals surface area contributed by atoms with Crippen LogP contribution in [0.5, 0.6) is 0 Å². The molecule has 0 unspecified atom stereocenters. The first-order chi connectivity index (χ1) is 7.95. The molecule has 3 heteroatoms. The molecule has 0 aliphatic carbocycles. The smallest absolute Gasteiger partial charge is 0.0587 e. The fraction of sp³-hybridized carbons (Fsp3) is 0.600. The van der Waals surface area contributed by atoms with E-state index in [1.165, 1.54) is 23.6 Å². The summed E-state index contributed by atoms with van der Waals surface area (Å²) in [7, 11) is 0. The predicted octanol–water partition coefficient (Wildman–Crippen LogP) is 4.68. The van der Waals surface area contributed by atoms with Gasteiger partial charge in [-0.1, -0.05) is 27.7 Å². The van der Waals surface area contributed by atoms with Gasteiger partial charge in [0.05, 0.1) is 6.07 Å². The number of nitrogens with zero attached hydrogens (tertiary/aromatic N) is 2. The normalized spacial score (nSPS) is 8.00. The monoisotopic (exact) mass is 323 g/mol. The van der Waals surface area contributed by atoms with Crippen molar-refractivity contribution in [2.75, 3.05) is 0 Å². The van der Waals surface area contributed by atoms with Crippen molar-refractivity contribution in [3.63, 3.8) is 0 Å². The Balaban J connectivity index is -0.000000329. The predicted molar refractivity (Wildman–Crippen MR) is 75.2 cm³/mol. The van der Waals surface area contributed by atoms with Crippen molar-refractivity contribution in [1.29, 1.82) is 5.26 Å². The maximum atomic E-state index is 7.32. The van der Waals surface area contributed by atoms with Gasteiger partial charge >= 0.3 is 0 Å². The van der Waals surface area contributed by atoms with Crippen molar-refractivity contribution < 1.29 is 32.7 Å². The average molecular weight is 323 g/mol. The van der Waals surface area contributed by atoms with Gasteiger partial charge in [-0.2, -0.15) is 5.26 Å². The Morgan fingerprint density at radius 2 is 1.50 bits per heavy atom. The molecular weight excluding hydrogens is 297 g/mol. The molecule has 1 rings (SSSR count). The van der Waals surface area contributed by atoms with Crippen molar-refractivity contribution in [1.82, 2.24) is 4.98 Å². The second kappa shape index (κ2) is 13.2. The van der Waals surface area contributed by atoms with Crippen LogP contribution in [0.25, 0.3) is 0 Å². The van der Waals surface area contributed by atoms with E-state index in [0.717, 1.165) is 5.69 Å². The zero-order chi connectivity index (χ0) is 14.0. The first-order valence-corrected chi connectivity index (χ1v) is 6.19. The van der Waals surface area contributed by atoms with Crippen molar-refractivity contribution in [3.8, 4) is 6.07 Å². The number of aromatic nitrogens is 1. The summed E-state index contributed by atoms with van der Waals surface area (Å²) in [6.07, 6.45) is 2.00. The van der Waals surface area contributed by atoms with E-state index in [0.29, 0.717) is 5.92 Å². The molecule has 1 heterocycles. The average Bonchev–Trinajstić information content (AvgIpc) is 2.29. The minimum absolute atomic E-state index is 0. The first-order valence-electron chi connectivity index (χ1n) is 6.19. The number of hydrogen-bond acceptors (Lipinski definition) is 2. The van der Waals surface area contributed by atoms with Gasteiger partial charge in [0, 0.05) is 51.5 Å². The van der Waals surface area contributed by atoms with Crippen LogP contribution in [0.15, 0.2) is 6.20 Å². The van der Waals surface area contributed by atoms with Gasteiger partial charge in [-0.3, -0.25) is 4.98 Å². The van der Waals surface area contributed by atoms with Crippen molar-refractivity contribution in [2.24, 2.45) is 0 Å². The quantitative estimate of drug-likeness (QED) is 0.752. The molecule has 1 aromatic heterocycles. The molecule has 18 heavy (non-hydrogen) atoms. The second-order valence-corrected chi connectivity index (χ2v) is 3.93. The summed E-state index contributed by atoms with van der Waals surface area (Å²) in [4.78, 5) is 4.36. The van der Waals surface area contributed by atoms with Crippen LogP contribution < -0.4 is 0 Å². The largest absolute Gasteiger partial charge is 0.261 e. The Kier molecular flexibility index (Phi) is 16.8. The summed E-state index contributed by atoms with van der Waals surface area (Å²) in [5.74, 6) is 0.580. The molecule has 0 aliphatic heterocycles. The number of rotatable bonds is 1. The van der Waals surface area contributed by atoms with E-state index in [2.05, 4.69) is 39.6 Å². The third kappa shape index (κ3) is 7.95. The third-order valence-electron chi connectivity index (χ3n) is 2.56. The molecule has 0 bridgehead atoms. The molecule has 0 saturated carbocycles. The Morgan fingerprint density at radius 1 is 1.11 bits per heavy atom. The number of aryl methyl sites for hydroxylation is 1. The summed E-state index contributed by atoms with van der Waals surface area (Å²) < 4.78 is 0. The molecule has 1 aromatic rings. The van der Waals surface area contributed by atoms with E-state index in [1.807, 2.05) is 20.0 Å². The molecule has 99 valence electrons. The fourth-order valence-corrected chi connectivity index (χ4v) is 1.43. The maximum absolute atomic E-state index is 7.32. The van der Waals surface area contributed by atoms with Crippen LogP contribution in [0.2, 0.25) is 0 Å². The molecule has 0 spiro atoms. The molecule has 2 nitrogen and oxygen atoms in total. The Labute approximate surface area is 138 Å². The SMILES string of the molecule is CC.CC#N.Cc1ncc(C(C)C)c(C)c1C.[Y]. The van der Waals surface area contributed by atoms with Gasteiger partial charge in [-0.15, -0.1) is 0 Å². The van der Waals surface area contributed by atoms with Gasteiger partial charge in [-0.25, -0.2) is 0 Å². The molecule has 0 aromatic carbocycles. The van der Waals surface area contributed by atoms with Crippen LogP contribution in [-0.2, 0) is 32.7 Å². The summed E-state index contributed by atoms with van der Waals surface area (Å²) >= 11 is 0. The minimum Gasteiger partial charge on any atom is -0.261 e. The zero-order valence-electron chi connectivity index (χ0n) is 13.1. The summed E-state index contributed by atoms with van der Waals surface area (Å²) in [6.45, 7) is 16.2. The standard InChI is InChI=1S/C11H17N.C2H3N.C2H6.Y/c1-7(2)11-6-12-10(5)8(3)9(11)4;1-2-3;1-2;/h6-7H,1-5H3;1H3;1-2H3;. The van der Waals surface area contributed by atoms with E-state index >= 15 is 0 Å². The van der Waals surface area contributed by atoms with Gasteiger partial charge < -0.3 is 0 Å². The third-order valence-corrected chi connectivity index (χ3v) is 2.56. The van der Waals surface area contributed by atoms with E-state index in [4.69, 9.17) is 5.26 Å². The molecule has 0 aliphatic rings. The van der Waals surface area contributed by atoms with Crippen molar-refractivity contribution >= 4 is 0 Å². The first kappa shape index (κ1) is 22.9. The van der Waals surface area contributed by atoms with Crippen LogP contribution in [0.1, 0.15) is 62.9 Å². The minimum atomic E-state index is 0. The summed E-state index contributed by atoms with van der Waals surface area (Å²) in [6, 6.07) is 1.75. The molecule has 0 atom stereocenters. The number of pyridine rings is 1. The van der Waals surface area contributed by atoms with Gasteiger partial charge in [-0.05, 0) is 43.4 Å². The van der Waals surface area contributed by atoms with Crippen LogP contribution >= 0.6 is 0 Å². The molecule has 0 N–H and O–H groups in total. The molecule has 1 radical (unpaired) electrons. The van der Waals surface area contributed by atoms with Crippen LogP contribution in [0, 0.1) is 32.1 Å². The number of nitriles is 1. The zero-order valence-corrected chi connectivity index (χ0v) is 16.0. The van der Waals surface area contributed by atoms with E-state index < -0.39 is 0 Å². The van der Waals surface area contributed by atoms with E-state index in [-0.39, 0.29) is 32.7 Å². The van der Waals surface area contributed by atoms with Crippen molar-refractivity contribution in [3.05, 3.63) is 28.6 Å². The Hall–Kier alpha value is -0.256. The molecule has 0 fully saturated rings. The molecular formula is C15H26N2Y. The maximum Gasteiger partial charge on any atom is 0.0587 e. The second-order valence-electron chi connectivity index (χ2n) is 3.93. The number of hydrogen-bond donors (Lipinski definition) is 0. The van der Waals surface area contributed by atoms with Gasteiger partial charge in [0.2, 0.25) is 0 Å². The van der Waals surface area contributed by atoms with Crippen LogP contribution in [0.3, 0.4) is 0 Å². The van der Waals surface area contributed by atoms with Crippen molar-refractivity contribution in [2.45, 2.75) is 61.3 Å². The summed E-state index contributed by atoms with van der Waals surface area (Å²) in [5.41, 5.74) is 5.26. The topological polar surface area (TPSA) is 36.7 Å². The van der Waals surface area contributed by atoms with E-state index in [1.54, 1.807) is 6.07 Å². The molecule has 0 saturated heterocycles. The summed E-state index contributed by atoms with van der Waals surface area (Å²) in [5, 5.41) is 7.32. The van der Waals surface area contributed by atoms with Crippen LogP contribution in [0.4, 0.5) is 0 Å². The molecule has 0 amide bonds. The Bertz CT molecular complexity index is 365. The van der Waals surface area contributed by atoms with E-state index in [9.17, 15) is 0 Å². The van der Waals surface area contributed by atoms with Gasteiger partial charge in [0.15, 0.2) is 0 Å². The Morgan fingerprint density at radius 3 is 1.83 bits per heavy atom. The van der Waals surface area contributed by atoms with Gasteiger partial charge in [0.25, 0.3) is 0 Å². The fourth-order valence-electron chi connectivity index (χ4n) is 1.43.